The molecule has 76 valence electrons. The van der Waals surface area contributed by atoms with E-state index in [4.69, 9.17) is 5.73 Å². The number of likely N-dealkylation sites (N-methyl/N-ethyl adjacent to an activating group) is 1. The lowest BCUT2D eigenvalue weighted by Crippen LogP contribution is -2.37. The average Bonchev–Trinajstić information content (AvgIpc) is 2.20. The van der Waals surface area contributed by atoms with Crippen LogP contribution in [0, 0.1) is 0 Å². The Kier molecular flexibility index (Phi) is 3.48. The van der Waals surface area contributed by atoms with Gasteiger partial charge in [-0.05, 0) is 17.7 Å². The first kappa shape index (κ1) is 10.5. The maximum Gasteiger partial charge on any atom is 0.240 e. The highest BCUT2D eigenvalue weighted by molar-refractivity contribution is 5.78. The van der Waals surface area contributed by atoms with Gasteiger partial charge < -0.3 is 5.73 Å². The van der Waals surface area contributed by atoms with Crippen molar-refractivity contribution in [2.75, 3.05) is 19.8 Å². The Morgan fingerprint density at radius 3 is 2.50 bits per heavy atom. The molecule has 0 saturated carbocycles. The van der Waals surface area contributed by atoms with Crippen LogP contribution >= 0.6 is 0 Å². The standard InChI is InChI=1S/C10H15N3O/c1-12-13(2)10(14)7-8-3-5-9(11)6-4-8/h3-6,12H,7,11H2,1-2H3. The summed E-state index contributed by atoms with van der Waals surface area (Å²) in [4.78, 5) is 11.5. The minimum Gasteiger partial charge on any atom is -0.399 e. The minimum atomic E-state index is 0.0253. The first-order valence-electron chi connectivity index (χ1n) is 4.42. The molecule has 0 saturated heterocycles. The van der Waals surface area contributed by atoms with Crippen LogP contribution < -0.4 is 11.2 Å². The van der Waals surface area contributed by atoms with Crippen LogP contribution in [0.2, 0.25) is 0 Å². The summed E-state index contributed by atoms with van der Waals surface area (Å²) in [5.74, 6) is 0.0253. The third-order valence-corrected chi connectivity index (χ3v) is 2.04. The van der Waals surface area contributed by atoms with Crippen LogP contribution in [0.15, 0.2) is 24.3 Å². The van der Waals surface area contributed by atoms with E-state index in [0.717, 1.165) is 5.56 Å². The van der Waals surface area contributed by atoms with Gasteiger partial charge in [-0.2, -0.15) is 0 Å². The number of rotatable bonds is 3. The molecule has 4 nitrogen and oxygen atoms in total. The van der Waals surface area contributed by atoms with E-state index in [0.29, 0.717) is 12.1 Å². The molecule has 0 aromatic heterocycles. The molecule has 0 heterocycles. The smallest absolute Gasteiger partial charge is 0.240 e. The van der Waals surface area contributed by atoms with E-state index in [1.807, 2.05) is 12.1 Å². The molecule has 1 aromatic rings. The number of nitrogen functional groups attached to an aromatic ring is 1. The Labute approximate surface area is 83.7 Å². The van der Waals surface area contributed by atoms with Gasteiger partial charge in [-0.3, -0.25) is 9.80 Å². The number of amides is 1. The van der Waals surface area contributed by atoms with E-state index in [9.17, 15) is 4.79 Å². The van der Waals surface area contributed by atoms with E-state index >= 15 is 0 Å². The van der Waals surface area contributed by atoms with Gasteiger partial charge in [-0.15, -0.1) is 0 Å². The molecule has 0 unspecified atom stereocenters. The molecule has 0 aliphatic carbocycles. The number of carbonyl (C=O) groups is 1. The first-order chi connectivity index (χ1) is 6.63. The van der Waals surface area contributed by atoms with Crippen LogP contribution in [0.5, 0.6) is 0 Å². The minimum absolute atomic E-state index is 0.0253. The zero-order valence-electron chi connectivity index (χ0n) is 8.45. The van der Waals surface area contributed by atoms with Crippen molar-refractivity contribution in [2.24, 2.45) is 0 Å². The summed E-state index contributed by atoms with van der Waals surface area (Å²) in [7, 11) is 3.40. The fourth-order valence-corrected chi connectivity index (χ4v) is 1.05. The molecule has 14 heavy (non-hydrogen) atoms. The topological polar surface area (TPSA) is 58.4 Å². The van der Waals surface area contributed by atoms with Gasteiger partial charge in [0, 0.05) is 19.8 Å². The van der Waals surface area contributed by atoms with Crippen LogP contribution in [0.1, 0.15) is 5.56 Å². The molecule has 1 rings (SSSR count). The van der Waals surface area contributed by atoms with Crippen molar-refractivity contribution in [3.63, 3.8) is 0 Å². The predicted molar refractivity (Wildman–Crippen MR) is 56.4 cm³/mol. The number of carbonyl (C=O) groups excluding carboxylic acids is 1. The lowest BCUT2D eigenvalue weighted by Gasteiger charge is -2.14. The molecule has 0 bridgehead atoms. The zero-order chi connectivity index (χ0) is 10.6. The van der Waals surface area contributed by atoms with Crippen molar-refractivity contribution in [1.29, 1.82) is 0 Å². The second-order valence-corrected chi connectivity index (χ2v) is 3.09. The zero-order valence-corrected chi connectivity index (χ0v) is 8.45. The second-order valence-electron chi connectivity index (χ2n) is 3.09. The number of nitrogens with one attached hydrogen (secondary N) is 1. The number of nitrogens with zero attached hydrogens (tertiary/aromatic N) is 1. The van der Waals surface area contributed by atoms with Gasteiger partial charge in [0.2, 0.25) is 5.91 Å². The number of nitrogens with two attached hydrogens (primary N) is 1. The Morgan fingerprint density at radius 1 is 1.43 bits per heavy atom. The first-order valence-corrected chi connectivity index (χ1v) is 4.42. The second kappa shape index (κ2) is 4.62. The highest BCUT2D eigenvalue weighted by Gasteiger charge is 2.06. The predicted octanol–water partition coefficient (Wildman–Crippen LogP) is 0.404. The lowest BCUT2D eigenvalue weighted by molar-refractivity contribution is -0.131. The highest BCUT2D eigenvalue weighted by Crippen LogP contribution is 2.06. The number of hydrogen-bond donors (Lipinski definition) is 2. The van der Waals surface area contributed by atoms with Crippen LogP contribution in [0.4, 0.5) is 5.69 Å². The van der Waals surface area contributed by atoms with Crippen LogP contribution in [0.25, 0.3) is 0 Å². The lowest BCUT2D eigenvalue weighted by atomic mass is 10.1. The summed E-state index contributed by atoms with van der Waals surface area (Å²) >= 11 is 0. The average molecular weight is 193 g/mol. The summed E-state index contributed by atoms with van der Waals surface area (Å²) in [6.45, 7) is 0. The van der Waals surface area contributed by atoms with E-state index in [-0.39, 0.29) is 5.91 Å². The summed E-state index contributed by atoms with van der Waals surface area (Å²) in [6, 6.07) is 7.30. The summed E-state index contributed by atoms with van der Waals surface area (Å²) in [5.41, 5.74) is 9.97. The molecule has 0 radical (unpaired) electrons. The normalized spacial score (nSPS) is 9.86. The number of benzene rings is 1. The SMILES string of the molecule is CNN(C)C(=O)Cc1ccc(N)cc1. The molecule has 3 N–H and O–H groups in total. The molecule has 4 heteroatoms. The van der Waals surface area contributed by atoms with Gasteiger partial charge in [0.15, 0.2) is 0 Å². The van der Waals surface area contributed by atoms with E-state index < -0.39 is 0 Å². The fourth-order valence-electron chi connectivity index (χ4n) is 1.05. The maximum atomic E-state index is 11.5. The van der Waals surface area contributed by atoms with Gasteiger partial charge in [0.05, 0.1) is 6.42 Å². The van der Waals surface area contributed by atoms with Gasteiger partial charge >= 0.3 is 0 Å². The van der Waals surface area contributed by atoms with Crippen molar-refractivity contribution >= 4 is 11.6 Å². The summed E-state index contributed by atoms with van der Waals surface area (Å²) in [6.07, 6.45) is 0.387. The quantitative estimate of drug-likeness (QED) is 0.540. The van der Waals surface area contributed by atoms with Crippen molar-refractivity contribution in [3.8, 4) is 0 Å². The van der Waals surface area contributed by atoms with Gasteiger partial charge in [0.1, 0.15) is 0 Å². The van der Waals surface area contributed by atoms with Crippen molar-refractivity contribution in [1.82, 2.24) is 10.4 Å². The van der Waals surface area contributed by atoms with Gasteiger partial charge in [-0.25, -0.2) is 5.43 Å². The van der Waals surface area contributed by atoms with Crippen molar-refractivity contribution in [2.45, 2.75) is 6.42 Å². The molecule has 0 fully saturated rings. The molecular weight excluding hydrogens is 178 g/mol. The Bertz CT molecular complexity index is 308. The van der Waals surface area contributed by atoms with Crippen molar-refractivity contribution in [3.05, 3.63) is 29.8 Å². The highest BCUT2D eigenvalue weighted by atomic mass is 16.2. The van der Waals surface area contributed by atoms with Crippen LogP contribution in [0.3, 0.4) is 0 Å². The van der Waals surface area contributed by atoms with Crippen LogP contribution in [-0.4, -0.2) is 25.0 Å². The van der Waals surface area contributed by atoms with Gasteiger partial charge in [-0.1, -0.05) is 12.1 Å². The third-order valence-electron chi connectivity index (χ3n) is 2.04. The number of hydrazine groups is 1. The number of hydrogen-bond acceptors (Lipinski definition) is 3. The summed E-state index contributed by atoms with van der Waals surface area (Å²) in [5, 5.41) is 1.45. The maximum absolute atomic E-state index is 11.5. The molecule has 0 atom stereocenters. The van der Waals surface area contributed by atoms with Crippen LogP contribution in [-0.2, 0) is 11.2 Å². The molecule has 1 amide bonds. The Hall–Kier alpha value is -1.55. The molecule has 0 aliphatic heterocycles. The number of anilines is 1. The molecular formula is C10H15N3O. The molecule has 0 spiro atoms. The largest absolute Gasteiger partial charge is 0.399 e. The van der Waals surface area contributed by atoms with E-state index in [2.05, 4.69) is 5.43 Å². The Balaban J connectivity index is 2.60. The molecule has 1 aromatic carbocycles. The fraction of sp³-hybridized carbons (Fsp3) is 0.300. The Morgan fingerprint density at radius 2 is 2.00 bits per heavy atom. The summed E-state index contributed by atoms with van der Waals surface area (Å²) < 4.78 is 0. The molecule has 0 aliphatic rings. The van der Waals surface area contributed by atoms with E-state index in [1.54, 1.807) is 26.2 Å². The van der Waals surface area contributed by atoms with Crippen molar-refractivity contribution < 1.29 is 4.79 Å². The monoisotopic (exact) mass is 193 g/mol. The van der Waals surface area contributed by atoms with E-state index in [1.165, 1.54) is 5.01 Å². The third kappa shape index (κ3) is 2.74. The van der Waals surface area contributed by atoms with Gasteiger partial charge in [0.25, 0.3) is 0 Å².